The van der Waals surface area contributed by atoms with E-state index in [1.54, 1.807) is 0 Å². The first-order valence-corrected chi connectivity index (χ1v) is 6.87. The minimum atomic E-state index is 0.326. The highest BCUT2D eigenvalue weighted by Crippen LogP contribution is 2.40. The zero-order valence-electron chi connectivity index (χ0n) is 11.4. The van der Waals surface area contributed by atoms with Crippen LogP contribution in [0.3, 0.4) is 0 Å². The average molecular weight is 224 g/mol. The van der Waals surface area contributed by atoms with Crippen molar-refractivity contribution in [3.8, 4) is 0 Å². The van der Waals surface area contributed by atoms with E-state index in [9.17, 15) is 0 Å². The van der Waals surface area contributed by atoms with E-state index in [0.29, 0.717) is 17.5 Å². The van der Waals surface area contributed by atoms with Crippen LogP contribution in [0.25, 0.3) is 0 Å². The van der Waals surface area contributed by atoms with Crippen LogP contribution in [0.1, 0.15) is 46.5 Å². The largest absolute Gasteiger partial charge is 0.326 e. The molecule has 2 nitrogen and oxygen atoms in total. The maximum Gasteiger partial charge on any atom is 0.0249 e. The van der Waals surface area contributed by atoms with E-state index in [0.717, 1.165) is 11.8 Å². The SMILES string of the molecule is CC1CC1CN(C)C1CCCC(C)(C)C1N. The summed E-state index contributed by atoms with van der Waals surface area (Å²) in [5.74, 6) is 1.90. The van der Waals surface area contributed by atoms with E-state index in [1.165, 1.54) is 32.2 Å². The van der Waals surface area contributed by atoms with E-state index in [1.807, 2.05) is 0 Å². The van der Waals surface area contributed by atoms with Gasteiger partial charge in [0.25, 0.3) is 0 Å². The van der Waals surface area contributed by atoms with Crippen molar-refractivity contribution < 1.29 is 0 Å². The first-order chi connectivity index (χ1) is 7.42. The van der Waals surface area contributed by atoms with Gasteiger partial charge < -0.3 is 10.6 Å². The van der Waals surface area contributed by atoms with Crippen LogP contribution in [-0.2, 0) is 0 Å². The molecule has 0 radical (unpaired) electrons. The molecular formula is C14H28N2. The second-order valence-corrected chi connectivity index (χ2v) is 6.89. The van der Waals surface area contributed by atoms with Crippen LogP contribution in [0.15, 0.2) is 0 Å². The molecule has 0 saturated heterocycles. The summed E-state index contributed by atoms with van der Waals surface area (Å²) in [7, 11) is 2.27. The molecule has 0 spiro atoms. The van der Waals surface area contributed by atoms with E-state index < -0.39 is 0 Å². The molecule has 2 rings (SSSR count). The topological polar surface area (TPSA) is 29.3 Å². The van der Waals surface area contributed by atoms with E-state index in [4.69, 9.17) is 5.73 Å². The van der Waals surface area contributed by atoms with Crippen LogP contribution >= 0.6 is 0 Å². The quantitative estimate of drug-likeness (QED) is 0.798. The van der Waals surface area contributed by atoms with Gasteiger partial charge in [-0.15, -0.1) is 0 Å². The van der Waals surface area contributed by atoms with Gasteiger partial charge in [0.2, 0.25) is 0 Å². The molecule has 2 N–H and O–H groups in total. The van der Waals surface area contributed by atoms with Gasteiger partial charge in [-0.25, -0.2) is 0 Å². The Hall–Kier alpha value is -0.0800. The Balaban J connectivity index is 1.91. The molecule has 4 unspecified atom stereocenters. The van der Waals surface area contributed by atoms with Crippen molar-refractivity contribution in [2.24, 2.45) is 23.0 Å². The zero-order chi connectivity index (χ0) is 11.9. The number of hydrogen-bond acceptors (Lipinski definition) is 2. The monoisotopic (exact) mass is 224 g/mol. The molecule has 2 aliphatic rings. The summed E-state index contributed by atoms with van der Waals surface area (Å²) < 4.78 is 0. The van der Waals surface area contributed by atoms with Crippen molar-refractivity contribution in [3.63, 3.8) is 0 Å². The van der Waals surface area contributed by atoms with Gasteiger partial charge in [0, 0.05) is 18.6 Å². The van der Waals surface area contributed by atoms with Gasteiger partial charge in [-0.05, 0) is 43.6 Å². The molecule has 0 bridgehead atoms. The summed E-state index contributed by atoms with van der Waals surface area (Å²) in [5.41, 5.74) is 6.77. The normalized spacial score (nSPS) is 42.4. The summed E-state index contributed by atoms with van der Waals surface area (Å²) in [6, 6.07) is 0.955. The van der Waals surface area contributed by atoms with Crippen LogP contribution in [-0.4, -0.2) is 30.6 Å². The van der Waals surface area contributed by atoms with Gasteiger partial charge in [-0.3, -0.25) is 0 Å². The Morgan fingerprint density at radius 1 is 1.38 bits per heavy atom. The molecule has 4 atom stereocenters. The van der Waals surface area contributed by atoms with Gasteiger partial charge in [-0.2, -0.15) is 0 Å². The van der Waals surface area contributed by atoms with Crippen LogP contribution in [0.2, 0.25) is 0 Å². The molecule has 0 aromatic carbocycles. The summed E-state index contributed by atoms with van der Waals surface area (Å²) in [5, 5.41) is 0. The number of rotatable bonds is 3. The first kappa shape index (κ1) is 12.4. The Kier molecular flexibility index (Phi) is 3.33. The predicted molar refractivity (Wildman–Crippen MR) is 69.3 cm³/mol. The summed E-state index contributed by atoms with van der Waals surface area (Å²) in [4.78, 5) is 2.54. The van der Waals surface area contributed by atoms with E-state index >= 15 is 0 Å². The number of nitrogens with two attached hydrogens (primary N) is 1. The standard InChI is InChI=1S/C14H28N2/c1-10-8-11(10)9-16(4)12-6-5-7-14(2,3)13(12)15/h10-13H,5-9,15H2,1-4H3. The van der Waals surface area contributed by atoms with Crippen LogP contribution in [0.5, 0.6) is 0 Å². The molecule has 0 aliphatic heterocycles. The van der Waals surface area contributed by atoms with Crippen LogP contribution < -0.4 is 5.73 Å². The number of nitrogens with zero attached hydrogens (tertiary/aromatic N) is 1. The fourth-order valence-electron chi connectivity index (χ4n) is 3.29. The van der Waals surface area contributed by atoms with E-state index in [2.05, 4.69) is 32.7 Å². The Morgan fingerprint density at radius 3 is 2.56 bits per heavy atom. The minimum absolute atomic E-state index is 0.326. The zero-order valence-corrected chi connectivity index (χ0v) is 11.4. The Morgan fingerprint density at radius 2 is 2.00 bits per heavy atom. The van der Waals surface area contributed by atoms with Crippen LogP contribution in [0, 0.1) is 17.3 Å². The third-order valence-corrected chi connectivity index (χ3v) is 5.00. The van der Waals surface area contributed by atoms with Gasteiger partial charge in [0.1, 0.15) is 0 Å². The highest BCUT2D eigenvalue weighted by atomic mass is 15.2. The fourth-order valence-corrected chi connectivity index (χ4v) is 3.29. The molecule has 0 aromatic rings. The summed E-state index contributed by atoms with van der Waals surface area (Å²) in [6.07, 6.45) is 5.35. The summed E-state index contributed by atoms with van der Waals surface area (Å²) >= 11 is 0. The van der Waals surface area contributed by atoms with Crippen molar-refractivity contribution in [2.45, 2.75) is 58.5 Å². The van der Waals surface area contributed by atoms with Gasteiger partial charge in [-0.1, -0.05) is 27.2 Å². The molecule has 0 heterocycles. The Bertz CT molecular complexity index is 249. The third-order valence-electron chi connectivity index (χ3n) is 5.00. The van der Waals surface area contributed by atoms with Crippen molar-refractivity contribution >= 4 is 0 Å². The van der Waals surface area contributed by atoms with Crippen molar-refractivity contribution in [1.82, 2.24) is 4.90 Å². The molecule has 94 valence electrons. The van der Waals surface area contributed by atoms with E-state index in [-0.39, 0.29) is 0 Å². The van der Waals surface area contributed by atoms with Crippen LogP contribution in [0.4, 0.5) is 0 Å². The molecule has 0 amide bonds. The van der Waals surface area contributed by atoms with Gasteiger partial charge >= 0.3 is 0 Å². The second-order valence-electron chi connectivity index (χ2n) is 6.89. The maximum absolute atomic E-state index is 6.45. The maximum atomic E-state index is 6.45. The second kappa shape index (κ2) is 4.30. The van der Waals surface area contributed by atoms with Crippen molar-refractivity contribution in [1.29, 1.82) is 0 Å². The lowest BCUT2D eigenvalue weighted by atomic mass is 9.71. The Labute approximate surface area is 101 Å². The number of hydrogen-bond donors (Lipinski definition) is 1. The molecule has 2 saturated carbocycles. The molecule has 2 heteroatoms. The third kappa shape index (κ3) is 2.43. The lowest BCUT2D eigenvalue weighted by Crippen LogP contribution is -2.56. The molecular weight excluding hydrogens is 196 g/mol. The predicted octanol–water partition coefficient (Wildman–Crippen LogP) is 2.48. The average Bonchev–Trinajstić information content (AvgIpc) is 2.86. The van der Waals surface area contributed by atoms with Crippen molar-refractivity contribution in [2.75, 3.05) is 13.6 Å². The molecule has 2 fully saturated rings. The molecule has 16 heavy (non-hydrogen) atoms. The first-order valence-electron chi connectivity index (χ1n) is 6.87. The lowest BCUT2D eigenvalue weighted by molar-refractivity contribution is 0.0812. The van der Waals surface area contributed by atoms with Gasteiger partial charge in [0.05, 0.1) is 0 Å². The lowest BCUT2D eigenvalue weighted by Gasteiger charge is -2.45. The molecule has 2 aliphatic carbocycles. The highest BCUT2D eigenvalue weighted by Gasteiger charge is 2.40. The van der Waals surface area contributed by atoms with Crippen molar-refractivity contribution in [3.05, 3.63) is 0 Å². The smallest absolute Gasteiger partial charge is 0.0249 e. The molecule has 0 aromatic heterocycles. The number of likely N-dealkylation sites (N-methyl/N-ethyl adjacent to an activating group) is 1. The minimum Gasteiger partial charge on any atom is -0.326 e. The van der Waals surface area contributed by atoms with Gasteiger partial charge in [0.15, 0.2) is 0 Å². The summed E-state index contributed by atoms with van der Waals surface area (Å²) in [6.45, 7) is 8.29. The fraction of sp³-hybridized carbons (Fsp3) is 1.00. The highest BCUT2D eigenvalue weighted by molar-refractivity contribution is 4.97.